The lowest BCUT2D eigenvalue weighted by molar-refractivity contribution is 0.112. The van der Waals surface area contributed by atoms with Gasteiger partial charge in [-0.2, -0.15) is 9.61 Å². The van der Waals surface area contributed by atoms with Crippen molar-refractivity contribution in [2.75, 3.05) is 28.8 Å². The topological polar surface area (TPSA) is 120 Å². The molecule has 2 aliphatic heterocycles. The standard InChI is InChI=1S/C21H21N5O4S/c22-20-17(13-27)19(14-7-10-31(28,29)11-8-14)24-21-16(12-23-26(20)21)18-6-9-25(30-18)15-4-2-1-3-5-15/h1-6,12-14H,7-11,22H2. The van der Waals surface area contributed by atoms with Crippen LogP contribution in [0, 0.1) is 0 Å². The fraction of sp³-hybridized carbons (Fsp3) is 0.286. The van der Waals surface area contributed by atoms with Crippen LogP contribution < -0.4 is 10.8 Å². The maximum absolute atomic E-state index is 11.8. The van der Waals surface area contributed by atoms with E-state index in [1.165, 1.54) is 4.52 Å². The largest absolute Gasteiger partial charge is 0.383 e. The van der Waals surface area contributed by atoms with E-state index < -0.39 is 9.84 Å². The molecule has 0 atom stereocenters. The molecule has 0 aliphatic carbocycles. The third-order valence-corrected chi connectivity index (χ3v) is 7.49. The molecule has 9 nitrogen and oxygen atoms in total. The number of sulfone groups is 1. The lowest BCUT2D eigenvalue weighted by atomic mass is 9.95. The van der Waals surface area contributed by atoms with Gasteiger partial charge in [-0.1, -0.05) is 18.2 Å². The van der Waals surface area contributed by atoms with Crippen molar-refractivity contribution in [3.8, 4) is 0 Å². The molecule has 2 aromatic heterocycles. The average molecular weight is 439 g/mol. The fourth-order valence-electron chi connectivity index (χ4n) is 4.09. The van der Waals surface area contributed by atoms with Gasteiger partial charge in [0.05, 0.1) is 46.8 Å². The highest BCUT2D eigenvalue weighted by Gasteiger charge is 2.30. The summed E-state index contributed by atoms with van der Waals surface area (Å²) in [5.41, 5.74) is 9.11. The number of fused-ring (bicyclic) bond motifs is 1. The Bertz CT molecular complexity index is 1290. The summed E-state index contributed by atoms with van der Waals surface area (Å²) in [6.45, 7) is 0.561. The molecule has 0 radical (unpaired) electrons. The Balaban J connectivity index is 1.53. The molecule has 2 N–H and O–H groups in total. The van der Waals surface area contributed by atoms with E-state index in [1.807, 2.05) is 36.4 Å². The van der Waals surface area contributed by atoms with Crippen molar-refractivity contribution in [1.82, 2.24) is 14.6 Å². The van der Waals surface area contributed by atoms with Gasteiger partial charge in [0, 0.05) is 5.92 Å². The van der Waals surface area contributed by atoms with Gasteiger partial charge in [-0.15, -0.1) is 0 Å². The Morgan fingerprint density at radius 1 is 1.16 bits per heavy atom. The number of nitrogens with two attached hydrogens (primary N) is 1. The number of benzene rings is 1. The molecule has 5 rings (SSSR count). The molecule has 0 bridgehead atoms. The summed E-state index contributed by atoms with van der Waals surface area (Å²) in [5, 5.41) is 6.07. The van der Waals surface area contributed by atoms with Crippen LogP contribution in [0.15, 0.2) is 42.6 Å². The predicted octanol–water partition coefficient (Wildman–Crippen LogP) is 2.21. The minimum absolute atomic E-state index is 0.0785. The zero-order valence-corrected chi connectivity index (χ0v) is 17.5. The third-order valence-electron chi connectivity index (χ3n) is 5.77. The van der Waals surface area contributed by atoms with E-state index in [2.05, 4.69) is 5.10 Å². The molecule has 2 aliphatic rings. The summed E-state index contributed by atoms with van der Waals surface area (Å²) < 4.78 is 25.1. The third kappa shape index (κ3) is 3.42. The number of para-hydroxylation sites is 1. The Hall–Kier alpha value is -3.40. The van der Waals surface area contributed by atoms with Gasteiger partial charge >= 0.3 is 0 Å². The van der Waals surface area contributed by atoms with E-state index in [1.54, 1.807) is 11.3 Å². The van der Waals surface area contributed by atoms with Gasteiger partial charge in [0.2, 0.25) is 0 Å². The molecule has 0 spiro atoms. The number of nitrogen functional groups attached to an aromatic ring is 1. The van der Waals surface area contributed by atoms with E-state index in [9.17, 15) is 13.2 Å². The molecule has 4 heterocycles. The molecular formula is C21H21N5O4S. The van der Waals surface area contributed by atoms with E-state index in [0.717, 1.165) is 5.69 Å². The number of carbonyl (C=O) groups is 1. The van der Waals surface area contributed by atoms with Crippen LogP contribution in [0.25, 0.3) is 11.4 Å². The Morgan fingerprint density at radius 2 is 1.90 bits per heavy atom. The molecule has 1 saturated heterocycles. The molecule has 1 fully saturated rings. The smallest absolute Gasteiger partial charge is 0.168 e. The maximum atomic E-state index is 11.8. The summed E-state index contributed by atoms with van der Waals surface area (Å²) in [6.07, 6.45) is 5.04. The van der Waals surface area contributed by atoms with Gasteiger partial charge in [-0.05, 0) is 31.1 Å². The van der Waals surface area contributed by atoms with Crippen LogP contribution in [0.1, 0.15) is 40.4 Å². The number of anilines is 2. The normalized spacial score (nSPS) is 18.7. The molecule has 0 saturated carbocycles. The average Bonchev–Trinajstić information content (AvgIpc) is 3.41. The minimum Gasteiger partial charge on any atom is -0.383 e. The van der Waals surface area contributed by atoms with E-state index in [0.29, 0.717) is 48.3 Å². The van der Waals surface area contributed by atoms with E-state index >= 15 is 0 Å². The molecule has 0 unspecified atom stereocenters. The van der Waals surface area contributed by atoms with Crippen LogP contribution in [0.5, 0.6) is 0 Å². The van der Waals surface area contributed by atoms with Gasteiger partial charge in [-0.3, -0.25) is 4.79 Å². The first-order chi connectivity index (χ1) is 15.0. The molecule has 160 valence electrons. The van der Waals surface area contributed by atoms with Crippen LogP contribution in [0.4, 0.5) is 11.5 Å². The number of hydroxylamine groups is 1. The molecular weight excluding hydrogens is 418 g/mol. The Morgan fingerprint density at radius 3 is 2.61 bits per heavy atom. The van der Waals surface area contributed by atoms with Crippen molar-refractivity contribution in [3.05, 3.63) is 59.4 Å². The zero-order valence-electron chi connectivity index (χ0n) is 16.6. The molecule has 1 aromatic carbocycles. The number of rotatable bonds is 4. The number of nitrogens with zero attached hydrogens (tertiary/aromatic N) is 4. The van der Waals surface area contributed by atoms with E-state index in [4.69, 9.17) is 15.6 Å². The monoisotopic (exact) mass is 439 g/mol. The highest BCUT2D eigenvalue weighted by molar-refractivity contribution is 7.91. The predicted molar refractivity (Wildman–Crippen MR) is 116 cm³/mol. The number of hydrogen-bond acceptors (Lipinski definition) is 8. The second-order valence-electron chi connectivity index (χ2n) is 7.69. The summed E-state index contributed by atoms with van der Waals surface area (Å²) in [7, 11) is -3.04. The quantitative estimate of drug-likeness (QED) is 0.615. The lowest BCUT2D eigenvalue weighted by Crippen LogP contribution is -2.24. The fourth-order valence-corrected chi connectivity index (χ4v) is 5.58. The zero-order chi connectivity index (χ0) is 21.6. The van der Waals surface area contributed by atoms with Gasteiger partial charge in [0.15, 0.2) is 17.7 Å². The highest BCUT2D eigenvalue weighted by Crippen LogP contribution is 2.35. The Kier molecular flexibility index (Phi) is 4.66. The van der Waals surface area contributed by atoms with Crippen molar-refractivity contribution in [1.29, 1.82) is 0 Å². The summed E-state index contributed by atoms with van der Waals surface area (Å²) >= 11 is 0. The first-order valence-electron chi connectivity index (χ1n) is 10.0. The van der Waals surface area contributed by atoms with Crippen molar-refractivity contribution >= 4 is 39.0 Å². The SMILES string of the molecule is Nc1c(C=O)c(C2CCS(=O)(=O)CC2)nc2c(C3=CCN(c4ccccc4)O3)cnn12. The number of hydrogen-bond donors (Lipinski definition) is 1. The first kappa shape index (κ1) is 19.6. The number of carbonyl (C=O) groups excluding carboxylic acids is 1. The van der Waals surface area contributed by atoms with Crippen LogP contribution in [0.3, 0.4) is 0 Å². The number of aromatic nitrogens is 3. The minimum atomic E-state index is -3.04. The van der Waals surface area contributed by atoms with Crippen molar-refractivity contribution in [3.63, 3.8) is 0 Å². The van der Waals surface area contributed by atoms with Crippen LogP contribution in [-0.2, 0) is 14.7 Å². The van der Waals surface area contributed by atoms with E-state index in [-0.39, 0.29) is 28.8 Å². The van der Waals surface area contributed by atoms with Gasteiger partial charge in [0.25, 0.3) is 0 Å². The first-order valence-corrected chi connectivity index (χ1v) is 11.8. The highest BCUT2D eigenvalue weighted by atomic mass is 32.2. The van der Waals surface area contributed by atoms with Crippen LogP contribution >= 0.6 is 0 Å². The second-order valence-corrected chi connectivity index (χ2v) is 9.99. The Labute approximate surface area is 179 Å². The van der Waals surface area contributed by atoms with Crippen LogP contribution in [0.2, 0.25) is 0 Å². The maximum Gasteiger partial charge on any atom is 0.168 e. The number of aldehydes is 1. The summed E-state index contributed by atoms with van der Waals surface area (Å²) in [6, 6.07) is 9.72. The van der Waals surface area contributed by atoms with Gasteiger partial charge < -0.3 is 10.6 Å². The molecule has 31 heavy (non-hydrogen) atoms. The van der Waals surface area contributed by atoms with Crippen molar-refractivity contribution in [2.45, 2.75) is 18.8 Å². The van der Waals surface area contributed by atoms with Crippen molar-refractivity contribution < 1.29 is 18.0 Å². The lowest BCUT2D eigenvalue weighted by Gasteiger charge is -2.23. The second kappa shape index (κ2) is 7.38. The molecule has 3 aromatic rings. The molecule has 0 amide bonds. The van der Waals surface area contributed by atoms with Gasteiger partial charge in [0.1, 0.15) is 15.7 Å². The summed E-state index contributed by atoms with van der Waals surface area (Å²) in [5.74, 6) is 0.789. The van der Waals surface area contributed by atoms with Crippen LogP contribution in [-0.4, -0.2) is 47.4 Å². The van der Waals surface area contributed by atoms with Crippen molar-refractivity contribution in [2.24, 2.45) is 0 Å². The summed E-state index contributed by atoms with van der Waals surface area (Å²) in [4.78, 5) is 22.6. The molecule has 10 heteroatoms. The van der Waals surface area contributed by atoms with Gasteiger partial charge in [-0.25, -0.2) is 18.5 Å².